The molecule has 2 saturated carbocycles. The minimum Gasteiger partial charge on any atom is -0.369 e. The summed E-state index contributed by atoms with van der Waals surface area (Å²) < 4.78 is 0. The maximum Gasteiger partial charge on any atom is 0.223 e. The van der Waals surface area contributed by atoms with Gasteiger partial charge in [-0.1, -0.05) is 37.1 Å². The van der Waals surface area contributed by atoms with Crippen molar-refractivity contribution < 1.29 is 9.59 Å². The number of carbonyl (C=O) groups is 2. The number of amides is 2. The van der Waals surface area contributed by atoms with Crippen LogP contribution in [0.5, 0.6) is 0 Å². The Morgan fingerprint density at radius 3 is 2.59 bits per heavy atom. The van der Waals surface area contributed by atoms with Gasteiger partial charge in [-0.25, -0.2) is 0 Å². The largest absolute Gasteiger partial charge is 0.369 e. The molecule has 4 atom stereocenters. The number of benzene rings is 1. The summed E-state index contributed by atoms with van der Waals surface area (Å²) >= 11 is 0. The quantitative estimate of drug-likeness (QED) is 0.895. The van der Waals surface area contributed by atoms with Crippen molar-refractivity contribution in [1.82, 2.24) is 5.32 Å². The van der Waals surface area contributed by atoms with Gasteiger partial charge in [0.1, 0.15) is 0 Å². The summed E-state index contributed by atoms with van der Waals surface area (Å²) in [5.41, 5.74) is 7.99. The average Bonchev–Trinajstić information content (AvgIpc) is 3.28. The second-order valence-electron chi connectivity index (χ2n) is 6.71. The van der Waals surface area contributed by atoms with E-state index < -0.39 is 0 Å². The molecule has 22 heavy (non-hydrogen) atoms. The summed E-state index contributed by atoms with van der Waals surface area (Å²) in [6, 6.07) is 8.18. The van der Waals surface area contributed by atoms with Crippen molar-refractivity contribution in [3.05, 3.63) is 35.4 Å². The molecule has 0 heterocycles. The van der Waals surface area contributed by atoms with Gasteiger partial charge in [0.2, 0.25) is 11.8 Å². The molecular weight excluding hydrogens is 276 g/mol. The van der Waals surface area contributed by atoms with Crippen LogP contribution in [0.1, 0.15) is 49.1 Å². The molecule has 0 aliphatic heterocycles. The van der Waals surface area contributed by atoms with Crippen molar-refractivity contribution in [2.24, 2.45) is 17.6 Å². The number of primary amides is 1. The van der Waals surface area contributed by atoms with Crippen LogP contribution in [0.3, 0.4) is 0 Å². The van der Waals surface area contributed by atoms with E-state index in [4.69, 9.17) is 5.73 Å². The SMILES string of the molecule is Cc1ccccc1[C@@H]1C[C@@H]1C(=O)N[C@@H]1CCCC[C@H]1C(N)=O. The second kappa shape index (κ2) is 6.11. The Bertz CT molecular complexity index is 584. The first-order valence-electron chi connectivity index (χ1n) is 8.23. The topological polar surface area (TPSA) is 72.2 Å². The zero-order valence-electron chi connectivity index (χ0n) is 13.0. The highest BCUT2D eigenvalue weighted by molar-refractivity contribution is 5.84. The molecule has 0 spiro atoms. The Kier molecular flexibility index (Phi) is 4.19. The van der Waals surface area contributed by atoms with Crippen molar-refractivity contribution in [2.45, 2.75) is 51.0 Å². The molecule has 4 heteroatoms. The van der Waals surface area contributed by atoms with Crippen LogP contribution < -0.4 is 11.1 Å². The smallest absolute Gasteiger partial charge is 0.223 e. The minimum atomic E-state index is -0.281. The van der Waals surface area contributed by atoms with Gasteiger partial charge >= 0.3 is 0 Å². The molecule has 2 aliphatic carbocycles. The number of rotatable bonds is 4. The van der Waals surface area contributed by atoms with Crippen molar-refractivity contribution in [3.8, 4) is 0 Å². The van der Waals surface area contributed by atoms with Crippen LogP contribution >= 0.6 is 0 Å². The van der Waals surface area contributed by atoms with E-state index in [2.05, 4.69) is 24.4 Å². The van der Waals surface area contributed by atoms with Crippen LogP contribution in [0.15, 0.2) is 24.3 Å². The zero-order valence-corrected chi connectivity index (χ0v) is 13.0. The maximum atomic E-state index is 12.5. The van der Waals surface area contributed by atoms with Crippen LogP contribution in [0.2, 0.25) is 0 Å². The lowest BCUT2D eigenvalue weighted by Gasteiger charge is -2.30. The molecule has 0 radical (unpaired) electrons. The van der Waals surface area contributed by atoms with E-state index in [-0.39, 0.29) is 29.7 Å². The van der Waals surface area contributed by atoms with Crippen molar-refractivity contribution >= 4 is 11.8 Å². The fourth-order valence-corrected chi connectivity index (χ4v) is 3.77. The lowest BCUT2D eigenvalue weighted by atomic mass is 9.84. The van der Waals surface area contributed by atoms with E-state index in [1.807, 2.05) is 12.1 Å². The third-order valence-corrected chi connectivity index (χ3v) is 5.17. The monoisotopic (exact) mass is 300 g/mol. The third kappa shape index (κ3) is 3.01. The molecule has 0 bridgehead atoms. The maximum absolute atomic E-state index is 12.5. The Balaban J connectivity index is 1.61. The van der Waals surface area contributed by atoms with Crippen molar-refractivity contribution in [3.63, 3.8) is 0 Å². The van der Waals surface area contributed by atoms with Gasteiger partial charge in [0, 0.05) is 12.0 Å². The standard InChI is InChI=1S/C18H24N2O2/c1-11-6-2-3-7-12(11)14-10-15(14)18(22)20-16-9-5-4-8-13(16)17(19)21/h2-3,6-7,13-16H,4-5,8-10H2,1H3,(H2,19,21)(H,20,22)/t13-,14+,15+,16-/m1/s1. The van der Waals surface area contributed by atoms with E-state index in [0.717, 1.165) is 32.1 Å². The van der Waals surface area contributed by atoms with E-state index in [1.165, 1.54) is 11.1 Å². The highest BCUT2D eigenvalue weighted by Crippen LogP contribution is 2.48. The van der Waals surface area contributed by atoms with Crippen LogP contribution in [0.4, 0.5) is 0 Å². The second-order valence-corrected chi connectivity index (χ2v) is 6.71. The van der Waals surface area contributed by atoms with Crippen molar-refractivity contribution in [2.75, 3.05) is 0 Å². The van der Waals surface area contributed by atoms with Crippen LogP contribution in [-0.4, -0.2) is 17.9 Å². The molecule has 4 nitrogen and oxygen atoms in total. The number of nitrogens with two attached hydrogens (primary N) is 1. The van der Waals surface area contributed by atoms with Gasteiger partial charge < -0.3 is 11.1 Å². The summed E-state index contributed by atoms with van der Waals surface area (Å²) in [7, 11) is 0. The van der Waals surface area contributed by atoms with Gasteiger partial charge in [0.15, 0.2) is 0 Å². The summed E-state index contributed by atoms with van der Waals surface area (Å²) in [5, 5.41) is 3.09. The predicted molar refractivity (Wildman–Crippen MR) is 85.1 cm³/mol. The lowest BCUT2D eigenvalue weighted by Crippen LogP contribution is -2.47. The van der Waals surface area contributed by atoms with E-state index in [9.17, 15) is 9.59 Å². The highest BCUT2D eigenvalue weighted by Gasteiger charge is 2.45. The predicted octanol–water partition coefficient (Wildman–Crippen LogP) is 2.26. The van der Waals surface area contributed by atoms with Gasteiger partial charge in [-0.15, -0.1) is 0 Å². The number of hydrogen-bond donors (Lipinski definition) is 2. The lowest BCUT2D eigenvalue weighted by molar-refractivity contribution is -0.126. The number of hydrogen-bond acceptors (Lipinski definition) is 2. The molecule has 3 rings (SSSR count). The number of aryl methyl sites for hydroxylation is 1. The first-order chi connectivity index (χ1) is 10.6. The van der Waals surface area contributed by atoms with Gasteiger partial charge in [-0.05, 0) is 43.2 Å². The van der Waals surface area contributed by atoms with E-state index >= 15 is 0 Å². The minimum absolute atomic E-state index is 0.0524. The molecule has 118 valence electrons. The summed E-state index contributed by atoms with van der Waals surface area (Å²) in [6.45, 7) is 2.09. The van der Waals surface area contributed by atoms with Crippen LogP contribution in [0, 0.1) is 18.8 Å². The molecule has 0 aromatic heterocycles. The normalized spacial score (nSPS) is 30.6. The first kappa shape index (κ1) is 15.1. The number of nitrogens with one attached hydrogen (secondary N) is 1. The highest BCUT2D eigenvalue weighted by atomic mass is 16.2. The molecular formula is C18H24N2O2. The third-order valence-electron chi connectivity index (χ3n) is 5.17. The molecule has 3 N–H and O–H groups in total. The van der Waals surface area contributed by atoms with Gasteiger partial charge in [0.25, 0.3) is 0 Å². The molecule has 0 unspecified atom stereocenters. The van der Waals surface area contributed by atoms with E-state index in [0.29, 0.717) is 5.92 Å². The zero-order chi connectivity index (χ0) is 15.7. The Morgan fingerprint density at radius 1 is 1.14 bits per heavy atom. The Morgan fingerprint density at radius 2 is 1.86 bits per heavy atom. The van der Waals surface area contributed by atoms with E-state index in [1.54, 1.807) is 0 Å². The molecule has 1 aromatic carbocycles. The van der Waals surface area contributed by atoms with Gasteiger partial charge in [-0.2, -0.15) is 0 Å². The molecule has 2 aliphatic rings. The van der Waals surface area contributed by atoms with Crippen LogP contribution in [-0.2, 0) is 9.59 Å². The molecule has 2 amide bonds. The molecule has 1 aromatic rings. The van der Waals surface area contributed by atoms with Gasteiger partial charge in [-0.3, -0.25) is 9.59 Å². The fourth-order valence-electron chi connectivity index (χ4n) is 3.77. The molecule has 2 fully saturated rings. The van der Waals surface area contributed by atoms with Crippen LogP contribution in [0.25, 0.3) is 0 Å². The Hall–Kier alpha value is -1.84. The summed E-state index contributed by atoms with van der Waals surface area (Å²) in [6.07, 6.45) is 4.65. The fraction of sp³-hybridized carbons (Fsp3) is 0.556. The Labute approximate surface area is 131 Å². The molecule has 0 saturated heterocycles. The summed E-state index contributed by atoms with van der Waals surface area (Å²) in [4.78, 5) is 24.0. The van der Waals surface area contributed by atoms with Crippen molar-refractivity contribution in [1.29, 1.82) is 0 Å². The van der Waals surface area contributed by atoms with Gasteiger partial charge in [0.05, 0.1) is 5.92 Å². The first-order valence-corrected chi connectivity index (χ1v) is 8.23. The summed E-state index contributed by atoms with van der Waals surface area (Å²) in [5.74, 6) is -0.00983. The number of carbonyl (C=O) groups excluding carboxylic acids is 2. The average molecular weight is 300 g/mol.